The first kappa shape index (κ1) is 17.5. The van der Waals surface area contributed by atoms with Gasteiger partial charge in [0.2, 0.25) is 5.91 Å². The maximum absolute atomic E-state index is 12.1. The van der Waals surface area contributed by atoms with E-state index >= 15 is 0 Å². The second kappa shape index (κ2) is 8.10. The van der Waals surface area contributed by atoms with Crippen molar-refractivity contribution in [1.82, 2.24) is 9.47 Å². The van der Waals surface area contributed by atoms with Gasteiger partial charge in [-0.2, -0.15) is 0 Å². The molecule has 6 heteroatoms. The van der Waals surface area contributed by atoms with Crippen molar-refractivity contribution < 1.29 is 9.53 Å². The largest absolute Gasteiger partial charge is 0.380 e. The van der Waals surface area contributed by atoms with Crippen LogP contribution in [0.4, 0.5) is 5.69 Å². The van der Waals surface area contributed by atoms with Gasteiger partial charge in [0.1, 0.15) is 0 Å². The number of ether oxygens (including phenoxy) is 1. The molecule has 0 aliphatic rings. The van der Waals surface area contributed by atoms with Gasteiger partial charge in [0, 0.05) is 38.6 Å². The van der Waals surface area contributed by atoms with Crippen molar-refractivity contribution >= 4 is 22.5 Å². The monoisotopic (exact) mass is 318 g/mol. The number of rotatable bonds is 8. The fraction of sp³-hybridized carbons (Fsp3) is 0.471. The summed E-state index contributed by atoms with van der Waals surface area (Å²) in [6, 6.07) is 8.04. The minimum Gasteiger partial charge on any atom is -0.380 e. The summed E-state index contributed by atoms with van der Waals surface area (Å²) in [5, 5.41) is 4.08. The van der Waals surface area contributed by atoms with Gasteiger partial charge in [-0.25, -0.2) is 0 Å². The molecule has 23 heavy (non-hydrogen) atoms. The quantitative estimate of drug-likeness (QED) is 0.774. The third-order valence-corrected chi connectivity index (χ3v) is 3.86. The SMILES string of the molecule is COC(CN)CC(=O)Nc1ccc2ccn(CCN(C)C)c2c1. The predicted octanol–water partition coefficient (Wildman–Crippen LogP) is 1.51. The summed E-state index contributed by atoms with van der Waals surface area (Å²) in [5.74, 6) is -0.0898. The summed E-state index contributed by atoms with van der Waals surface area (Å²) in [7, 11) is 5.68. The van der Waals surface area contributed by atoms with Crippen molar-refractivity contribution in [3.8, 4) is 0 Å². The van der Waals surface area contributed by atoms with E-state index in [1.54, 1.807) is 7.11 Å². The fourth-order valence-electron chi connectivity index (χ4n) is 2.45. The third kappa shape index (κ3) is 4.79. The number of hydrogen-bond donors (Lipinski definition) is 2. The van der Waals surface area contributed by atoms with E-state index in [4.69, 9.17) is 10.5 Å². The second-order valence-corrected chi connectivity index (χ2v) is 5.93. The first-order chi connectivity index (χ1) is 11.0. The zero-order valence-corrected chi connectivity index (χ0v) is 14.1. The molecule has 0 bridgehead atoms. The number of likely N-dealkylation sites (N-methyl/N-ethyl adjacent to an activating group) is 1. The molecule has 3 N–H and O–H groups in total. The number of carbonyl (C=O) groups is 1. The van der Waals surface area contributed by atoms with Gasteiger partial charge in [-0.15, -0.1) is 0 Å². The lowest BCUT2D eigenvalue weighted by atomic mass is 10.2. The van der Waals surface area contributed by atoms with Gasteiger partial charge in [0.05, 0.1) is 18.0 Å². The van der Waals surface area contributed by atoms with Crippen LogP contribution in [0.3, 0.4) is 0 Å². The molecule has 126 valence electrons. The van der Waals surface area contributed by atoms with E-state index in [1.807, 2.05) is 18.2 Å². The molecule has 0 radical (unpaired) electrons. The molecular formula is C17H26N4O2. The summed E-state index contributed by atoms with van der Waals surface area (Å²) < 4.78 is 7.34. The third-order valence-electron chi connectivity index (χ3n) is 3.86. The first-order valence-electron chi connectivity index (χ1n) is 7.80. The fourth-order valence-corrected chi connectivity index (χ4v) is 2.45. The van der Waals surface area contributed by atoms with Crippen molar-refractivity contribution in [2.24, 2.45) is 5.73 Å². The molecule has 0 saturated heterocycles. The molecule has 1 unspecified atom stereocenters. The minimum absolute atomic E-state index is 0.0898. The van der Waals surface area contributed by atoms with E-state index in [-0.39, 0.29) is 18.4 Å². The number of hydrogen-bond acceptors (Lipinski definition) is 4. The highest BCUT2D eigenvalue weighted by molar-refractivity contribution is 5.94. The number of benzene rings is 1. The smallest absolute Gasteiger partial charge is 0.227 e. The molecule has 1 aromatic carbocycles. The van der Waals surface area contributed by atoms with Gasteiger partial charge < -0.3 is 25.3 Å². The molecule has 0 aliphatic heterocycles. The zero-order valence-electron chi connectivity index (χ0n) is 14.1. The number of fused-ring (bicyclic) bond motifs is 1. The van der Waals surface area contributed by atoms with Crippen LogP contribution in [0, 0.1) is 0 Å². The van der Waals surface area contributed by atoms with E-state index in [9.17, 15) is 4.79 Å². The van der Waals surface area contributed by atoms with Crippen LogP contribution in [0.15, 0.2) is 30.5 Å². The Labute approximate surface area is 137 Å². The van der Waals surface area contributed by atoms with Crippen molar-refractivity contribution in [3.63, 3.8) is 0 Å². The lowest BCUT2D eigenvalue weighted by molar-refractivity contribution is -0.118. The summed E-state index contributed by atoms with van der Waals surface area (Å²) >= 11 is 0. The Kier molecular flexibility index (Phi) is 6.15. The molecule has 6 nitrogen and oxygen atoms in total. The van der Waals surface area contributed by atoms with E-state index < -0.39 is 0 Å². The molecule has 1 heterocycles. The summed E-state index contributed by atoms with van der Waals surface area (Å²) in [5.41, 5.74) is 7.46. The van der Waals surface area contributed by atoms with Crippen LogP contribution >= 0.6 is 0 Å². The topological polar surface area (TPSA) is 72.5 Å². The summed E-state index contributed by atoms with van der Waals surface area (Å²) in [6.45, 7) is 2.20. The molecule has 1 atom stereocenters. The number of nitrogens with one attached hydrogen (secondary N) is 1. The summed E-state index contributed by atoms with van der Waals surface area (Å²) in [6.07, 6.45) is 2.09. The van der Waals surface area contributed by atoms with E-state index in [0.29, 0.717) is 6.54 Å². The summed E-state index contributed by atoms with van der Waals surface area (Å²) in [4.78, 5) is 14.2. The maximum Gasteiger partial charge on any atom is 0.227 e. The predicted molar refractivity (Wildman–Crippen MR) is 93.6 cm³/mol. The molecule has 2 aromatic rings. The highest BCUT2D eigenvalue weighted by Gasteiger charge is 2.12. The number of aromatic nitrogens is 1. The Morgan fingerprint density at radius 3 is 2.83 bits per heavy atom. The number of methoxy groups -OCH3 is 1. The van der Waals surface area contributed by atoms with E-state index in [0.717, 1.165) is 24.3 Å². The van der Waals surface area contributed by atoms with Crippen molar-refractivity contribution in [1.29, 1.82) is 0 Å². The van der Waals surface area contributed by atoms with Crippen LogP contribution in [0.2, 0.25) is 0 Å². The van der Waals surface area contributed by atoms with Crippen LogP contribution in [0.5, 0.6) is 0 Å². The maximum atomic E-state index is 12.1. The molecule has 0 aliphatic carbocycles. The van der Waals surface area contributed by atoms with Crippen molar-refractivity contribution in [2.45, 2.75) is 19.1 Å². The highest BCUT2D eigenvalue weighted by Crippen LogP contribution is 2.21. The van der Waals surface area contributed by atoms with Crippen LogP contribution in [-0.2, 0) is 16.1 Å². The number of carbonyl (C=O) groups excluding carboxylic acids is 1. The number of nitrogens with zero attached hydrogens (tertiary/aromatic N) is 2. The average molecular weight is 318 g/mol. The van der Waals surface area contributed by atoms with Crippen LogP contribution in [0.1, 0.15) is 6.42 Å². The van der Waals surface area contributed by atoms with Crippen LogP contribution in [-0.4, -0.2) is 55.8 Å². The van der Waals surface area contributed by atoms with Crippen LogP contribution < -0.4 is 11.1 Å². The van der Waals surface area contributed by atoms with Crippen LogP contribution in [0.25, 0.3) is 10.9 Å². The molecule has 2 rings (SSSR count). The van der Waals surface area contributed by atoms with Gasteiger partial charge in [-0.1, -0.05) is 6.07 Å². The molecule has 0 saturated carbocycles. The molecule has 1 aromatic heterocycles. The highest BCUT2D eigenvalue weighted by atomic mass is 16.5. The number of nitrogens with two attached hydrogens (primary N) is 1. The Morgan fingerprint density at radius 2 is 2.17 bits per heavy atom. The number of amides is 1. The standard InChI is InChI=1S/C17H26N4O2/c1-20(2)8-9-21-7-6-13-4-5-14(10-16(13)21)19-17(22)11-15(12-18)23-3/h4-7,10,15H,8-9,11-12,18H2,1-3H3,(H,19,22). The minimum atomic E-state index is -0.248. The molecule has 0 spiro atoms. The lowest BCUT2D eigenvalue weighted by Gasteiger charge is -2.13. The van der Waals surface area contributed by atoms with Gasteiger partial charge in [-0.05, 0) is 37.7 Å². The molecule has 1 amide bonds. The zero-order chi connectivity index (χ0) is 16.8. The van der Waals surface area contributed by atoms with Gasteiger partial charge in [-0.3, -0.25) is 4.79 Å². The van der Waals surface area contributed by atoms with Crippen molar-refractivity contribution in [3.05, 3.63) is 30.5 Å². The van der Waals surface area contributed by atoms with Crippen molar-refractivity contribution in [2.75, 3.05) is 39.6 Å². The Hall–Kier alpha value is -1.89. The van der Waals surface area contributed by atoms with Gasteiger partial charge in [0.15, 0.2) is 0 Å². The molecular weight excluding hydrogens is 292 g/mol. The normalized spacial score (nSPS) is 12.7. The van der Waals surface area contributed by atoms with Gasteiger partial charge >= 0.3 is 0 Å². The Bertz CT molecular complexity index is 647. The first-order valence-corrected chi connectivity index (χ1v) is 7.80. The molecule has 0 fully saturated rings. The Morgan fingerprint density at radius 1 is 1.39 bits per heavy atom. The Balaban J connectivity index is 2.09. The van der Waals surface area contributed by atoms with E-state index in [2.05, 4.69) is 41.1 Å². The number of anilines is 1. The average Bonchev–Trinajstić information content (AvgIpc) is 2.93. The lowest BCUT2D eigenvalue weighted by Crippen LogP contribution is -2.28. The van der Waals surface area contributed by atoms with Gasteiger partial charge in [0.25, 0.3) is 0 Å². The second-order valence-electron chi connectivity index (χ2n) is 5.93. The van der Waals surface area contributed by atoms with E-state index in [1.165, 1.54) is 5.39 Å².